The molecule has 0 fully saturated rings. The van der Waals surface area contributed by atoms with Crippen molar-refractivity contribution in [2.45, 2.75) is 26.8 Å². The van der Waals surface area contributed by atoms with E-state index in [1.165, 1.54) is 0 Å². The van der Waals surface area contributed by atoms with E-state index in [0.717, 1.165) is 31.7 Å². The van der Waals surface area contributed by atoms with Gasteiger partial charge < -0.3 is 15.2 Å². The van der Waals surface area contributed by atoms with Crippen LogP contribution in [0.4, 0.5) is 0 Å². The van der Waals surface area contributed by atoms with Gasteiger partial charge in [-0.1, -0.05) is 26.0 Å². The van der Waals surface area contributed by atoms with Gasteiger partial charge in [-0.2, -0.15) is 0 Å². The number of hydrogen-bond donors (Lipinski definition) is 2. The van der Waals surface area contributed by atoms with Crippen LogP contribution in [-0.4, -0.2) is 30.8 Å². The van der Waals surface area contributed by atoms with E-state index in [-0.39, 0.29) is 0 Å². The second kappa shape index (κ2) is 8.67. The molecule has 1 aromatic carbocycles. The van der Waals surface area contributed by atoms with E-state index >= 15 is 0 Å². The van der Waals surface area contributed by atoms with Gasteiger partial charge in [0.1, 0.15) is 0 Å². The van der Waals surface area contributed by atoms with E-state index in [4.69, 9.17) is 9.84 Å². The van der Waals surface area contributed by atoms with E-state index < -0.39 is 5.97 Å². The van der Waals surface area contributed by atoms with Gasteiger partial charge in [0.25, 0.3) is 0 Å². The maximum Gasteiger partial charge on any atom is 0.335 e. The third-order valence-electron chi connectivity index (χ3n) is 2.79. The van der Waals surface area contributed by atoms with E-state index in [1.807, 2.05) is 12.1 Å². The molecule has 4 nitrogen and oxygen atoms in total. The zero-order chi connectivity index (χ0) is 14.1. The lowest BCUT2D eigenvalue weighted by Crippen LogP contribution is -2.19. The third kappa shape index (κ3) is 6.94. The number of ether oxygens (including phenoxy) is 1. The quantitative estimate of drug-likeness (QED) is 0.674. The summed E-state index contributed by atoms with van der Waals surface area (Å²) in [7, 11) is 0. The molecule has 4 heteroatoms. The van der Waals surface area contributed by atoms with Crippen molar-refractivity contribution in [3.8, 4) is 0 Å². The monoisotopic (exact) mass is 265 g/mol. The number of carboxylic acid groups (broad SMARTS) is 1. The highest BCUT2D eigenvalue weighted by Gasteiger charge is 2.01. The van der Waals surface area contributed by atoms with Gasteiger partial charge in [-0.25, -0.2) is 4.79 Å². The third-order valence-corrected chi connectivity index (χ3v) is 2.79. The van der Waals surface area contributed by atoms with Crippen molar-refractivity contribution in [3.63, 3.8) is 0 Å². The number of aromatic carboxylic acids is 1. The highest BCUT2D eigenvalue weighted by molar-refractivity contribution is 5.87. The van der Waals surface area contributed by atoms with E-state index in [0.29, 0.717) is 18.1 Å². The normalized spacial score (nSPS) is 10.9. The Morgan fingerprint density at radius 2 is 1.95 bits per heavy atom. The molecule has 0 aromatic heterocycles. The van der Waals surface area contributed by atoms with Gasteiger partial charge in [-0.3, -0.25) is 0 Å². The minimum absolute atomic E-state index is 0.320. The first kappa shape index (κ1) is 15.7. The molecule has 2 N–H and O–H groups in total. The Bertz CT molecular complexity index is 373. The van der Waals surface area contributed by atoms with Crippen LogP contribution in [0.3, 0.4) is 0 Å². The highest BCUT2D eigenvalue weighted by atomic mass is 16.5. The summed E-state index contributed by atoms with van der Waals surface area (Å²) >= 11 is 0. The summed E-state index contributed by atoms with van der Waals surface area (Å²) in [6.07, 6.45) is 1.09. The predicted octanol–water partition coefficient (Wildman–Crippen LogP) is 2.54. The molecule has 19 heavy (non-hydrogen) atoms. The Balaban J connectivity index is 2.11. The summed E-state index contributed by atoms with van der Waals surface area (Å²) in [5.41, 5.74) is 1.40. The van der Waals surface area contributed by atoms with Crippen LogP contribution < -0.4 is 5.32 Å². The molecular formula is C15H23NO3. The lowest BCUT2D eigenvalue weighted by molar-refractivity contribution is 0.0697. The zero-order valence-corrected chi connectivity index (χ0v) is 11.7. The van der Waals surface area contributed by atoms with Gasteiger partial charge in [-0.05, 0) is 30.0 Å². The van der Waals surface area contributed by atoms with Crippen LogP contribution >= 0.6 is 0 Å². The van der Waals surface area contributed by atoms with Crippen LogP contribution in [0.15, 0.2) is 24.3 Å². The highest BCUT2D eigenvalue weighted by Crippen LogP contribution is 2.04. The standard InChI is InChI=1S/C15H23NO3/c1-12(2)7-9-19-10-8-16-11-13-3-5-14(6-4-13)15(17)18/h3-6,12,16H,7-11H2,1-2H3,(H,17,18). The average Bonchev–Trinajstić information content (AvgIpc) is 2.38. The topological polar surface area (TPSA) is 58.6 Å². The Kier molecular flexibility index (Phi) is 7.15. The largest absolute Gasteiger partial charge is 0.478 e. The van der Waals surface area contributed by atoms with Crippen LogP contribution in [-0.2, 0) is 11.3 Å². The number of nitrogens with one attached hydrogen (secondary N) is 1. The van der Waals surface area contributed by atoms with Crippen molar-refractivity contribution in [1.82, 2.24) is 5.32 Å². The summed E-state index contributed by atoms with van der Waals surface area (Å²) in [5, 5.41) is 12.0. The minimum Gasteiger partial charge on any atom is -0.478 e. The molecule has 0 saturated carbocycles. The first-order chi connectivity index (χ1) is 9.09. The predicted molar refractivity (Wildman–Crippen MR) is 75.4 cm³/mol. The van der Waals surface area contributed by atoms with Crippen molar-refractivity contribution < 1.29 is 14.6 Å². The number of benzene rings is 1. The van der Waals surface area contributed by atoms with Crippen LogP contribution in [0, 0.1) is 5.92 Å². The van der Waals surface area contributed by atoms with Crippen LogP contribution in [0.25, 0.3) is 0 Å². The van der Waals surface area contributed by atoms with Gasteiger partial charge in [0, 0.05) is 19.7 Å². The number of carboxylic acids is 1. The molecule has 0 aliphatic heterocycles. The summed E-state index contributed by atoms with van der Waals surface area (Å²) < 4.78 is 5.49. The van der Waals surface area contributed by atoms with Gasteiger partial charge in [-0.15, -0.1) is 0 Å². The molecule has 0 heterocycles. The molecule has 0 radical (unpaired) electrons. The van der Waals surface area contributed by atoms with Crippen molar-refractivity contribution >= 4 is 5.97 Å². The zero-order valence-electron chi connectivity index (χ0n) is 11.7. The fourth-order valence-corrected chi connectivity index (χ4v) is 1.56. The maximum atomic E-state index is 10.7. The molecule has 0 atom stereocenters. The summed E-state index contributed by atoms with van der Waals surface area (Å²) in [5.74, 6) is -0.209. The Morgan fingerprint density at radius 1 is 1.26 bits per heavy atom. The average molecular weight is 265 g/mol. The molecule has 0 aliphatic rings. The SMILES string of the molecule is CC(C)CCOCCNCc1ccc(C(=O)O)cc1. The van der Waals surface area contributed by atoms with E-state index in [9.17, 15) is 4.79 Å². The molecular weight excluding hydrogens is 242 g/mol. The Morgan fingerprint density at radius 3 is 2.53 bits per heavy atom. The summed E-state index contributed by atoms with van der Waals surface area (Å²) in [4.78, 5) is 10.7. The second-order valence-electron chi connectivity index (χ2n) is 4.97. The molecule has 0 bridgehead atoms. The summed E-state index contributed by atoms with van der Waals surface area (Å²) in [6, 6.07) is 6.91. The second-order valence-corrected chi connectivity index (χ2v) is 4.97. The lowest BCUT2D eigenvalue weighted by Gasteiger charge is -2.08. The molecule has 1 aromatic rings. The molecule has 0 aliphatic carbocycles. The molecule has 0 amide bonds. The van der Waals surface area contributed by atoms with E-state index in [2.05, 4.69) is 19.2 Å². The number of hydrogen-bond acceptors (Lipinski definition) is 3. The maximum absolute atomic E-state index is 10.7. The fraction of sp³-hybridized carbons (Fsp3) is 0.533. The molecule has 1 rings (SSSR count). The smallest absolute Gasteiger partial charge is 0.335 e. The molecule has 0 saturated heterocycles. The number of carbonyl (C=O) groups is 1. The summed E-state index contributed by atoms with van der Waals surface area (Å²) in [6.45, 7) is 7.42. The first-order valence-corrected chi connectivity index (χ1v) is 6.70. The van der Waals surface area contributed by atoms with Crippen molar-refractivity contribution in [2.24, 2.45) is 5.92 Å². The van der Waals surface area contributed by atoms with Gasteiger partial charge in [0.2, 0.25) is 0 Å². The fourth-order valence-electron chi connectivity index (χ4n) is 1.56. The van der Waals surface area contributed by atoms with Gasteiger partial charge in [0.05, 0.1) is 12.2 Å². The van der Waals surface area contributed by atoms with Crippen LogP contribution in [0.1, 0.15) is 36.2 Å². The lowest BCUT2D eigenvalue weighted by atomic mass is 10.1. The molecule has 106 valence electrons. The van der Waals surface area contributed by atoms with Gasteiger partial charge in [0.15, 0.2) is 0 Å². The Hall–Kier alpha value is -1.39. The van der Waals surface area contributed by atoms with Crippen molar-refractivity contribution in [1.29, 1.82) is 0 Å². The minimum atomic E-state index is -0.891. The molecule has 0 unspecified atom stereocenters. The Labute approximate surface area is 114 Å². The van der Waals surface area contributed by atoms with Gasteiger partial charge >= 0.3 is 5.97 Å². The van der Waals surface area contributed by atoms with E-state index in [1.54, 1.807) is 12.1 Å². The first-order valence-electron chi connectivity index (χ1n) is 6.70. The van der Waals surface area contributed by atoms with Crippen LogP contribution in [0.5, 0.6) is 0 Å². The molecule has 0 spiro atoms. The van der Waals surface area contributed by atoms with Crippen molar-refractivity contribution in [3.05, 3.63) is 35.4 Å². The number of rotatable bonds is 9. The van der Waals surface area contributed by atoms with Crippen molar-refractivity contribution in [2.75, 3.05) is 19.8 Å². The van der Waals surface area contributed by atoms with Crippen LogP contribution in [0.2, 0.25) is 0 Å².